The van der Waals surface area contributed by atoms with Gasteiger partial charge in [0.1, 0.15) is 0 Å². The smallest absolute Gasteiger partial charge is 0.0708 e. The van der Waals surface area contributed by atoms with Crippen LogP contribution in [0.5, 0.6) is 0 Å². The van der Waals surface area contributed by atoms with Crippen LogP contribution in [0.3, 0.4) is 0 Å². The van der Waals surface area contributed by atoms with Crippen molar-refractivity contribution < 1.29 is 0 Å². The molecule has 57 heavy (non-hydrogen) atoms. The Bertz CT molecular complexity index is 2960. The van der Waals surface area contributed by atoms with Crippen LogP contribution in [0.2, 0.25) is 0 Å². The predicted octanol–water partition coefficient (Wildman–Crippen LogP) is 13.3. The molecule has 10 aromatic rings. The molecule has 2 aromatic heterocycles. The highest BCUT2D eigenvalue weighted by atomic mass is 15.0. The Balaban J connectivity index is 1.12. The van der Waals surface area contributed by atoms with Crippen LogP contribution in [0.4, 0.5) is 0 Å². The summed E-state index contributed by atoms with van der Waals surface area (Å²) >= 11 is 0. The van der Waals surface area contributed by atoms with E-state index in [1.165, 1.54) is 66.3 Å². The van der Waals surface area contributed by atoms with Gasteiger partial charge in [-0.3, -0.25) is 0 Å². The highest BCUT2D eigenvalue weighted by Crippen LogP contribution is 2.46. The van der Waals surface area contributed by atoms with E-state index < -0.39 is 5.41 Å². The molecule has 0 radical (unpaired) electrons. The van der Waals surface area contributed by atoms with E-state index in [4.69, 9.17) is 0 Å². The topological polar surface area (TPSA) is 9.86 Å². The number of aromatic nitrogens is 2. The number of para-hydroxylation sites is 3. The molecule has 0 aliphatic heterocycles. The first kappa shape index (κ1) is 33.0. The highest BCUT2D eigenvalue weighted by Gasteiger charge is 2.38. The summed E-state index contributed by atoms with van der Waals surface area (Å²) in [5.74, 6) is 0. The van der Waals surface area contributed by atoms with Crippen LogP contribution in [-0.2, 0) is 11.8 Å². The lowest BCUT2D eigenvalue weighted by atomic mass is 9.65. The van der Waals surface area contributed by atoms with Crippen molar-refractivity contribution in [1.29, 1.82) is 0 Å². The summed E-state index contributed by atoms with van der Waals surface area (Å²) in [5, 5.41) is 3.80. The van der Waals surface area contributed by atoms with Crippen LogP contribution in [0.25, 0.3) is 61.3 Å². The molecule has 0 saturated carbocycles. The van der Waals surface area contributed by atoms with E-state index in [9.17, 15) is 0 Å². The normalized spacial score (nSPS) is 12.6. The van der Waals surface area contributed by atoms with Crippen LogP contribution in [-0.4, -0.2) is 9.13 Å². The van der Waals surface area contributed by atoms with Crippen molar-refractivity contribution in [2.75, 3.05) is 0 Å². The molecule has 0 spiro atoms. The molecule has 2 heterocycles. The van der Waals surface area contributed by atoms with E-state index in [2.05, 4.69) is 228 Å². The standard InChI is InChI=1S/C55H38N2/c1-4-20-40(21-5-1)55(41-22-6-2-7-23-41,42-24-8-3-9-25-42)43-26-18-19-39(37-43)45-27-10-14-31-50(45)57-53-34-17-13-30-48(53)49-38-44(35-36-54(49)57)56-51-32-15-11-28-46(51)47-29-12-16-33-52(47)56/h1-16,20-33,35-38H,17,34H2. The molecular weight excluding hydrogens is 689 g/mol. The van der Waals surface area contributed by atoms with Gasteiger partial charge in [-0.05, 0) is 83.6 Å². The minimum absolute atomic E-state index is 0.577. The van der Waals surface area contributed by atoms with Gasteiger partial charge in [0.2, 0.25) is 0 Å². The summed E-state index contributed by atoms with van der Waals surface area (Å²) < 4.78 is 4.93. The summed E-state index contributed by atoms with van der Waals surface area (Å²) in [7, 11) is 0. The summed E-state index contributed by atoms with van der Waals surface area (Å²) in [6, 6.07) is 77.6. The fourth-order valence-corrected chi connectivity index (χ4v) is 9.57. The van der Waals surface area contributed by atoms with Crippen molar-refractivity contribution >= 4 is 38.8 Å². The maximum atomic E-state index is 3.59. The predicted molar refractivity (Wildman–Crippen MR) is 236 cm³/mol. The van der Waals surface area contributed by atoms with E-state index in [1.807, 2.05) is 0 Å². The number of allylic oxidation sites excluding steroid dienone is 1. The Kier molecular flexibility index (Phi) is 7.79. The van der Waals surface area contributed by atoms with E-state index >= 15 is 0 Å². The highest BCUT2D eigenvalue weighted by molar-refractivity contribution is 6.09. The number of rotatable bonds is 7. The number of fused-ring (bicyclic) bond motifs is 6. The molecule has 1 aliphatic carbocycles. The van der Waals surface area contributed by atoms with E-state index in [0.29, 0.717) is 0 Å². The zero-order valence-electron chi connectivity index (χ0n) is 31.4. The van der Waals surface area contributed by atoms with E-state index in [-0.39, 0.29) is 0 Å². The monoisotopic (exact) mass is 726 g/mol. The lowest BCUT2D eigenvalue weighted by molar-refractivity contribution is 0.745. The molecule has 0 fully saturated rings. The largest absolute Gasteiger partial charge is 0.312 e. The molecule has 2 nitrogen and oxygen atoms in total. The van der Waals surface area contributed by atoms with Gasteiger partial charge in [-0.1, -0.05) is 170 Å². The number of hydrogen-bond donors (Lipinski definition) is 0. The van der Waals surface area contributed by atoms with Gasteiger partial charge < -0.3 is 9.13 Å². The van der Waals surface area contributed by atoms with Crippen LogP contribution in [0, 0.1) is 12.1 Å². The van der Waals surface area contributed by atoms with Crippen molar-refractivity contribution in [2.45, 2.75) is 18.3 Å². The maximum absolute atomic E-state index is 3.59. The molecule has 0 saturated heterocycles. The summed E-state index contributed by atoms with van der Waals surface area (Å²) in [6.07, 6.45) is 6.64. The molecule has 0 bridgehead atoms. The Labute approximate surface area is 333 Å². The van der Waals surface area contributed by atoms with Gasteiger partial charge in [-0.25, -0.2) is 0 Å². The van der Waals surface area contributed by atoms with Gasteiger partial charge in [-0.15, -0.1) is 0 Å². The first-order valence-electron chi connectivity index (χ1n) is 19.8. The van der Waals surface area contributed by atoms with Crippen molar-refractivity contribution in [3.8, 4) is 22.5 Å². The van der Waals surface area contributed by atoms with Gasteiger partial charge in [-0.2, -0.15) is 0 Å². The zero-order chi connectivity index (χ0) is 37.8. The third-order valence-corrected chi connectivity index (χ3v) is 12.0. The zero-order valence-corrected chi connectivity index (χ0v) is 31.4. The second-order valence-electron chi connectivity index (χ2n) is 15.0. The molecule has 0 amide bonds. The average Bonchev–Trinajstić information content (AvgIpc) is 3.80. The second kappa shape index (κ2) is 13.4. The Morgan fingerprint density at radius 3 is 1.68 bits per heavy atom. The summed E-state index contributed by atoms with van der Waals surface area (Å²) in [6.45, 7) is 0. The third-order valence-electron chi connectivity index (χ3n) is 12.0. The lowest BCUT2D eigenvalue weighted by Crippen LogP contribution is -2.30. The molecule has 268 valence electrons. The quantitative estimate of drug-likeness (QED) is 0.145. The molecule has 8 aromatic carbocycles. The first-order valence-corrected chi connectivity index (χ1v) is 19.8. The fraction of sp³-hybridized carbons (Fsp3) is 0.0545. The second-order valence-corrected chi connectivity index (χ2v) is 15.0. The summed E-state index contributed by atoms with van der Waals surface area (Å²) in [4.78, 5) is 0. The van der Waals surface area contributed by atoms with Crippen LogP contribution >= 0.6 is 0 Å². The third kappa shape index (κ3) is 5.13. The molecular formula is C55H38N2. The Hall–Kier alpha value is -7.34. The molecule has 1 aliphatic rings. The minimum atomic E-state index is -0.577. The average molecular weight is 727 g/mol. The fourth-order valence-electron chi connectivity index (χ4n) is 9.57. The maximum Gasteiger partial charge on any atom is 0.0708 e. The van der Waals surface area contributed by atoms with Crippen LogP contribution in [0.1, 0.15) is 39.9 Å². The van der Waals surface area contributed by atoms with Crippen molar-refractivity contribution in [2.24, 2.45) is 0 Å². The molecule has 2 heteroatoms. The van der Waals surface area contributed by atoms with Gasteiger partial charge in [0.25, 0.3) is 0 Å². The van der Waals surface area contributed by atoms with E-state index in [0.717, 1.165) is 35.2 Å². The van der Waals surface area contributed by atoms with Gasteiger partial charge in [0, 0.05) is 44.2 Å². The number of nitrogens with zero attached hydrogens (tertiary/aromatic N) is 2. The van der Waals surface area contributed by atoms with Gasteiger partial charge in [0.05, 0.1) is 27.7 Å². The number of hydrogen-bond acceptors (Lipinski definition) is 0. The van der Waals surface area contributed by atoms with Crippen molar-refractivity contribution in [1.82, 2.24) is 9.13 Å². The molecule has 0 unspecified atom stereocenters. The van der Waals surface area contributed by atoms with Crippen LogP contribution < -0.4 is 0 Å². The molecule has 11 rings (SSSR count). The van der Waals surface area contributed by atoms with Crippen LogP contribution in [0.15, 0.2) is 200 Å². The molecule has 0 N–H and O–H groups in total. The first-order chi connectivity index (χ1) is 28.3. The Morgan fingerprint density at radius 2 is 1.04 bits per heavy atom. The van der Waals surface area contributed by atoms with Gasteiger partial charge >= 0.3 is 0 Å². The van der Waals surface area contributed by atoms with E-state index in [1.54, 1.807) is 0 Å². The molecule has 0 atom stereocenters. The van der Waals surface area contributed by atoms with Gasteiger partial charge in [0.15, 0.2) is 0 Å². The lowest BCUT2D eigenvalue weighted by Gasteiger charge is -2.36. The Morgan fingerprint density at radius 1 is 0.474 bits per heavy atom. The van der Waals surface area contributed by atoms with Crippen molar-refractivity contribution in [3.63, 3.8) is 0 Å². The summed E-state index contributed by atoms with van der Waals surface area (Å²) in [5.41, 5.74) is 14.9. The minimum Gasteiger partial charge on any atom is -0.312 e. The van der Waals surface area contributed by atoms with Crippen molar-refractivity contribution in [3.05, 3.63) is 246 Å². The number of benzene rings is 7. The SMILES string of the molecule is c1cc(C(c2ccccc2)(c2ccccc2)c2ccccc2)cc(-c2ccccc2-n2c3c(c4cc(-n5c6ccccc6c6ccccc65)ccc42)C=CCC3)c#1.